The lowest BCUT2D eigenvalue weighted by Crippen LogP contribution is -2.22. The third-order valence-corrected chi connectivity index (χ3v) is 2.05. The molecule has 0 bridgehead atoms. The second-order valence-corrected chi connectivity index (χ2v) is 2.93. The molecule has 0 radical (unpaired) electrons. The fourth-order valence-corrected chi connectivity index (χ4v) is 1.64. The minimum absolute atomic E-state index is 0.359. The molecule has 3 heteroatoms. The van der Waals surface area contributed by atoms with Crippen molar-refractivity contribution >= 4 is 0 Å². The molecule has 1 saturated heterocycles. The highest BCUT2D eigenvalue weighted by Gasteiger charge is 2.31. The predicted molar refractivity (Wildman–Crippen MR) is 35.2 cm³/mol. The first kappa shape index (κ1) is 6.16. The summed E-state index contributed by atoms with van der Waals surface area (Å²) in [6.45, 7) is 1.07. The third-order valence-electron chi connectivity index (χ3n) is 2.05. The summed E-state index contributed by atoms with van der Waals surface area (Å²) < 4.78 is 12.6. The number of hydrogen-bond acceptors (Lipinski definition) is 2. The molecule has 56 valence electrons. The van der Waals surface area contributed by atoms with Crippen LogP contribution in [0.4, 0.5) is 4.39 Å². The van der Waals surface area contributed by atoms with Crippen molar-refractivity contribution in [3.63, 3.8) is 0 Å². The van der Waals surface area contributed by atoms with Crippen LogP contribution in [0.1, 0.15) is 6.42 Å². The van der Waals surface area contributed by atoms with Gasteiger partial charge >= 0.3 is 0 Å². The summed E-state index contributed by atoms with van der Waals surface area (Å²) in [4.78, 5) is 1.91. The van der Waals surface area contributed by atoms with E-state index in [-0.39, 0.29) is 6.10 Å². The summed E-state index contributed by atoms with van der Waals surface area (Å²) in [5.74, 6) is 0. The van der Waals surface area contributed by atoms with Crippen LogP contribution in [0.5, 0.6) is 0 Å². The van der Waals surface area contributed by atoms with Gasteiger partial charge in [0.25, 0.3) is 0 Å². The fraction of sp³-hybridized carbons (Fsp3) is 0.714. The van der Waals surface area contributed by atoms with E-state index in [9.17, 15) is 4.39 Å². The van der Waals surface area contributed by atoms with Crippen LogP contribution in [0, 0.1) is 0 Å². The monoisotopic (exact) mass is 143 g/mol. The van der Waals surface area contributed by atoms with Crippen LogP contribution < -0.4 is 0 Å². The fourth-order valence-electron chi connectivity index (χ4n) is 1.64. The van der Waals surface area contributed by atoms with Crippen molar-refractivity contribution in [1.82, 2.24) is 4.90 Å². The van der Waals surface area contributed by atoms with Gasteiger partial charge in [-0.3, -0.25) is 0 Å². The van der Waals surface area contributed by atoms with Crippen LogP contribution in [-0.4, -0.2) is 35.4 Å². The molecule has 2 rings (SSSR count). The lowest BCUT2D eigenvalue weighted by molar-refractivity contribution is 0.189. The van der Waals surface area contributed by atoms with Gasteiger partial charge in [-0.2, -0.15) is 0 Å². The van der Waals surface area contributed by atoms with E-state index < -0.39 is 6.17 Å². The zero-order valence-corrected chi connectivity index (χ0v) is 5.63. The van der Waals surface area contributed by atoms with Crippen molar-refractivity contribution in [3.8, 4) is 0 Å². The summed E-state index contributed by atoms with van der Waals surface area (Å²) in [6.07, 6.45) is 1.18. The maximum absolute atomic E-state index is 12.6. The van der Waals surface area contributed by atoms with E-state index in [2.05, 4.69) is 0 Å². The summed E-state index contributed by atoms with van der Waals surface area (Å²) in [6, 6.07) is 0. The van der Waals surface area contributed by atoms with Gasteiger partial charge in [0.15, 0.2) is 0 Å². The summed E-state index contributed by atoms with van der Waals surface area (Å²) in [5.41, 5.74) is 0.986. The largest absolute Gasteiger partial charge is 0.387 e. The Bertz CT molecular complexity index is 180. The molecule has 0 aliphatic carbocycles. The van der Waals surface area contributed by atoms with Gasteiger partial charge in [0.1, 0.15) is 6.17 Å². The van der Waals surface area contributed by atoms with Gasteiger partial charge in [-0.15, -0.1) is 0 Å². The Kier molecular flexibility index (Phi) is 1.20. The highest BCUT2D eigenvalue weighted by atomic mass is 19.1. The van der Waals surface area contributed by atoms with Gasteiger partial charge in [-0.05, 0) is 6.08 Å². The molecule has 1 unspecified atom stereocenters. The maximum Gasteiger partial charge on any atom is 0.123 e. The lowest BCUT2D eigenvalue weighted by Gasteiger charge is -2.12. The van der Waals surface area contributed by atoms with Gasteiger partial charge in [-0.25, -0.2) is 4.39 Å². The molecule has 0 amide bonds. The van der Waals surface area contributed by atoms with E-state index in [1.54, 1.807) is 6.08 Å². The molecule has 2 atom stereocenters. The zero-order chi connectivity index (χ0) is 7.14. The molecule has 1 fully saturated rings. The Balaban J connectivity index is 2.14. The number of allylic oxidation sites excluding steroid dienone is 1. The van der Waals surface area contributed by atoms with E-state index in [0.717, 1.165) is 5.70 Å². The average Bonchev–Trinajstić information content (AvgIpc) is 2.21. The van der Waals surface area contributed by atoms with Crippen LogP contribution in [0.15, 0.2) is 11.8 Å². The molecule has 0 aromatic rings. The molecule has 2 heterocycles. The number of aliphatic hydroxyl groups is 1. The summed E-state index contributed by atoms with van der Waals surface area (Å²) >= 11 is 0. The highest BCUT2D eigenvalue weighted by Crippen LogP contribution is 2.28. The first-order valence-corrected chi connectivity index (χ1v) is 3.53. The highest BCUT2D eigenvalue weighted by molar-refractivity contribution is 5.17. The van der Waals surface area contributed by atoms with Crippen LogP contribution >= 0.6 is 0 Å². The van der Waals surface area contributed by atoms with Gasteiger partial charge in [0.2, 0.25) is 0 Å². The number of aliphatic hydroxyl groups excluding tert-OH is 1. The van der Waals surface area contributed by atoms with Crippen molar-refractivity contribution in [1.29, 1.82) is 0 Å². The topological polar surface area (TPSA) is 23.5 Å². The number of fused-ring (bicyclic) bond motifs is 1. The molecular formula is C7H10FNO. The van der Waals surface area contributed by atoms with Crippen molar-refractivity contribution in [2.24, 2.45) is 0 Å². The van der Waals surface area contributed by atoms with E-state index in [1.165, 1.54) is 0 Å². The number of hydrogen-bond donors (Lipinski definition) is 1. The zero-order valence-electron chi connectivity index (χ0n) is 5.63. The third kappa shape index (κ3) is 0.814. The van der Waals surface area contributed by atoms with E-state index >= 15 is 0 Å². The van der Waals surface area contributed by atoms with E-state index in [0.29, 0.717) is 19.5 Å². The second kappa shape index (κ2) is 1.95. The average molecular weight is 143 g/mol. The first-order valence-electron chi connectivity index (χ1n) is 3.53. The predicted octanol–water partition coefficient (Wildman–Crippen LogP) is 0.289. The Morgan fingerprint density at radius 3 is 3.10 bits per heavy atom. The van der Waals surface area contributed by atoms with Gasteiger partial charge < -0.3 is 10.0 Å². The lowest BCUT2D eigenvalue weighted by atomic mass is 10.2. The smallest absolute Gasteiger partial charge is 0.123 e. The molecule has 2 nitrogen and oxygen atoms in total. The molecule has 10 heavy (non-hydrogen) atoms. The Labute approximate surface area is 58.9 Å². The van der Waals surface area contributed by atoms with Crippen LogP contribution in [0.25, 0.3) is 0 Å². The Hall–Kier alpha value is -0.570. The number of halogens is 1. The van der Waals surface area contributed by atoms with Crippen LogP contribution in [0.2, 0.25) is 0 Å². The van der Waals surface area contributed by atoms with Crippen molar-refractivity contribution in [2.75, 3.05) is 13.1 Å². The maximum atomic E-state index is 12.6. The normalized spacial score (nSPS) is 38.2. The van der Waals surface area contributed by atoms with Crippen molar-refractivity contribution < 1.29 is 9.50 Å². The van der Waals surface area contributed by atoms with E-state index in [4.69, 9.17) is 5.11 Å². The minimum Gasteiger partial charge on any atom is -0.387 e. The quantitative estimate of drug-likeness (QED) is 0.526. The van der Waals surface area contributed by atoms with Gasteiger partial charge in [0, 0.05) is 25.2 Å². The second-order valence-electron chi connectivity index (χ2n) is 2.93. The van der Waals surface area contributed by atoms with Crippen LogP contribution in [0.3, 0.4) is 0 Å². The molecule has 0 aromatic heterocycles. The molecule has 2 aliphatic heterocycles. The molecule has 0 spiro atoms. The molecule has 0 aromatic carbocycles. The number of nitrogens with zero attached hydrogens (tertiary/aromatic N) is 1. The van der Waals surface area contributed by atoms with Crippen molar-refractivity contribution in [3.05, 3.63) is 11.8 Å². The molecule has 2 aliphatic rings. The summed E-state index contributed by atoms with van der Waals surface area (Å²) in [7, 11) is 0. The Morgan fingerprint density at radius 2 is 2.40 bits per heavy atom. The standard InChI is InChI=1S/C7H10FNO/c8-5-1-6-2-7(10)4-9(6)3-5/h2,5,7,10H,1,3-4H2/t5-,7?/m1/s1. The SMILES string of the molecule is OC1C=C2C[C@@H](F)CN2C1. The van der Waals surface area contributed by atoms with Gasteiger partial charge in [-0.1, -0.05) is 0 Å². The minimum atomic E-state index is -0.709. The first-order chi connectivity index (χ1) is 4.75. The number of rotatable bonds is 0. The van der Waals surface area contributed by atoms with Crippen LogP contribution in [-0.2, 0) is 0 Å². The Morgan fingerprint density at radius 1 is 1.60 bits per heavy atom. The summed E-state index contributed by atoms with van der Waals surface area (Å²) in [5, 5.41) is 9.08. The van der Waals surface area contributed by atoms with Crippen molar-refractivity contribution in [2.45, 2.75) is 18.7 Å². The van der Waals surface area contributed by atoms with E-state index in [1.807, 2.05) is 4.90 Å². The van der Waals surface area contributed by atoms with Gasteiger partial charge in [0.05, 0.1) is 6.10 Å². The molecular weight excluding hydrogens is 133 g/mol. The number of alkyl halides is 1. The molecule has 1 N–H and O–H groups in total. The molecule has 0 saturated carbocycles.